The number of nitrogens with one attached hydrogen (secondary N) is 1. The van der Waals surface area contributed by atoms with E-state index in [-0.39, 0.29) is 11.9 Å². The van der Waals surface area contributed by atoms with Gasteiger partial charge in [-0.3, -0.25) is 0 Å². The zero-order chi connectivity index (χ0) is 13.0. The summed E-state index contributed by atoms with van der Waals surface area (Å²) < 4.78 is 17.2. The molecule has 3 nitrogen and oxygen atoms in total. The van der Waals surface area contributed by atoms with Gasteiger partial charge >= 0.3 is 0 Å². The van der Waals surface area contributed by atoms with Crippen molar-refractivity contribution in [3.05, 3.63) is 46.2 Å². The summed E-state index contributed by atoms with van der Waals surface area (Å²) in [5.74, 6) is -0.176. The maximum absolute atomic E-state index is 13.3. The average Bonchev–Trinajstić information content (AvgIpc) is 2.88. The molecule has 0 bridgehead atoms. The summed E-state index contributed by atoms with van der Waals surface area (Å²) in [5, 5.41) is 9.45. The lowest BCUT2D eigenvalue weighted by Crippen LogP contribution is -2.23. The Balaban J connectivity index is 2.30. The van der Waals surface area contributed by atoms with Crippen molar-refractivity contribution in [1.82, 2.24) is 14.9 Å². The fraction of sp³-hybridized carbons (Fsp3) is 0.385. The van der Waals surface area contributed by atoms with Crippen LogP contribution in [0.1, 0.15) is 36.2 Å². The zero-order valence-electron chi connectivity index (χ0n) is 10.5. The monoisotopic (exact) mass is 265 g/mol. The van der Waals surface area contributed by atoms with Crippen molar-refractivity contribution in [2.75, 3.05) is 6.54 Å². The largest absolute Gasteiger partial charge is 0.305 e. The van der Waals surface area contributed by atoms with Crippen LogP contribution in [-0.2, 0) is 0 Å². The molecule has 0 fully saturated rings. The molecule has 0 spiro atoms. The average molecular weight is 265 g/mol. The topological polar surface area (TPSA) is 37.8 Å². The molecule has 96 valence electrons. The number of aromatic nitrogens is 2. The molecular weight excluding hydrogens is 249 g/mol. The normalized spacial score (nSPS) is 12.6. The number of hydrogen-bond donors (Lipinski definition) is 1. The summed E-state index contributed by atoms with van der Waals surface area (Å²) in [4.78, 5) is 0. The molecule has 1 unspecified atom stereocenters. The lowest BCUT2D eigenvalue weighted by molar-refractivity contribution is 0.579. The first-order valence-electron chi connectivity index (χ1n) is 5.98. The number of rotatable bonds is 5. The zero-order valence-corrected chi connectivity index (χ0v) is 11.3. The highest BCUT2D eigenvalue weighted by Crippen LogP contribution is 2.23. The van der Waals surface area contributed by atoms with Gasteiger partial charge in [0.25, 0.3) is 0 Å². The van der Waals surface area contributed by atoms with E-state index in [0.717, 1.165) is 24.2 Å². The fourth-order valence-electron chi connectivity index (χ4n) is 1.83. The van der Waals surface area contributed by atoms with E-state index in [1.807, 2.05) is 11.4 Å². The molecule has 1 aromatic carbocycles. The summed E-state index contributed by atoms with van der Waals surface area (Å²) >= 11 is 1.33. The van der Waals surface area contributed by atoms with Crippen LogP contribution >= 0.6 is 11.5 Å². The molecule has 0 aliphatic heterocycles. The van der Waals surface area contributed by atoms with E-state index in [1.165, 1.54) is 17.6 Å². The summed E-state index contributed by atoms with van der Waals surface area (Å²) in [6.07, 6.45) is 1.04. The van der Waals surface area contributed by atoms with E-state index in [9.17, 15) is 4.39 Å². The van der Waals surface area contributed by atoms with Gasteiger partial charge < -0.3 is 5.32 Å². The molecule has 0 amide bonds. The van der Waals surface area contributed by atoms with E-state index >= 15 is 0 Å². The fourth-order valence-corrected chi connectivity index (χ4v) is 2.31. The van der Waals surface area contributed by atoms with Crippen LogP contribution in [0.4, 0.5) is 4.39 Å². The van der Waals surface area contributed by atoms with E-state index in [4.69, 9.17) is 0 Å². The molecule has 5 heteroatoms. The molecule has 2 rings (SSSR count). The minimum atomic E-state index is -0.176. The molecule has 1 heterocycles. The number of aryl methyl sites for hydroxylation is 1. The van der Waals surface area contributed by atoms with Gasteiger partial charge in [-0.25, -0.2) is 4.39 Å². The van der Waals surface area contributed by atoms with Crippen LogP contribution in [0, 0.1) is 12.7 Å². The maximum Gasteiger partial charge on any atom is 0.126 e. The van der Waals surface area contributed by atoms with Gasteiger partial charge in [0.1, 0.15) is 5.82 Å². The molecule has 0 aliphatic carbocycles. The Morgan fingerprint density at radius 2 is 2.28 bits per heavy atom. The molecule has 0 saturated carbocycles. The van der Waals surface area contributed by atoms with Crippen molar-refractivity contribution in [2.45, 2.75) is 26.3 Å². The Morgan fingerprint density at radius 3 is 2.89 bits per heavy atom. The Hall–Kier alpha value is -1.33. The molecule has 2 aromatic rings. The van der Waals surface area contributed by atoms with Crippen LogP contribution in [0.3, 0.4) is 0 Å². The second kappa shape index (κ2) is 6.02. The van der Waals surface area contributed by atoms with E-state index < -0.39 is 0 Å². The summed E-state index contributed by atoms with van der Waals surface area (Å²) in [7, 11) is 0. The highest BCUT2D eigenvalue weighted by Gasteiger charge is 2.16. The van der Waals surface area contributed by atoms with Gasteiger partial charge in [0.2, 0.25) is 0 Å². The van der Waals surface area contributed by atoms with Gasteiger partial charge in [0, 0.05) is 5.38 Å². The van der Waals surface area contributed by atoms with Crippen LogP contribution in [-0.4, -0.2) is 16.1 Å². The van der Waals surface area contributed by atoms with Gasteiger partial charge in [-0.05, 0) is 48.6 Å². The van der Waals surface area contributed by atoms with Gasteiger partial charge in [-0.1, -0.05) is 23.5 Å². The third-order valence-corrected chi connectivity index (χ3v) is 3.31. The van der Waals surface area contributed by atoms with Crippen LogP contribution in [0.25, 0.3) is 0 Å². The SMILES string of the molecule is CCCNC(c1ccc(F)c(C)c1)c1csnn1. The van der Waals surface area contributed by atoms with Crippen LogP contribution < -0.4 is 5.32 Å². The van der Waals surface area contributed by atoms with Crippen molar-refractivity contribution in [3.63, 3.8) is 0 Å². The van der Waals surface area contributed by atoms with E-state index in [0.29, 0.717) is 5.56 Å². The second-order valence-electron chi connectivity index (χ2n) is 4.23. The molecule has 1 atom stereocenters. The predicted molar refractivity (Wildman–Crippen MR) is 71.2 cm³/mol. The maximum atomic E-state index is 13.3. The summed E-state index contributed by atoms with van der Waals surface area (Å²) in [5.41, 5.74) is 2.56. The lowest BCUT2D eigenvalue weighted by atomic mass is 10.0. The minimum Gasteiger partial charge on any atom is -0.305 e. The first-order chi connectivity index (χ1) is 8.72. The van der Waals surface area contributed by atoms with Crippen LogP contribution in [0.5, 0.6) is 0 Å². The van der Waals surface area contributed by atoms with E-state index in [1.54, 1.807) is 13.0 Å². The highest BCUT2D eigenvalue weighted by molar-refractivity contribution is 7.03. The standard InChI is InChI=1S/C13H16FN3S/c1-3-6-15-13(12-8-18-17-16-12)10-4-5-11(14)9(2)7-10/h4-5,7-8,13,15H,3,6H2,1-2H3. The van der Waals surface area contributed by atoms with Gasteiger partial charge in [-0.15, -0.1) is 5.10 Å². The Bertz CT molecular complexity index is 499. The van der Waals surface area contributed by atoms with Crippen molar-refractivity contribution in [1.29, 1.82) is 0 Å². The molecule has 1 aromatic heterocycles. The Kier molecular flexibility index (Phi) is 4.38. The van der Waals surface area contributed by atoms with Gasteiger partial charge in [0.05, 0.1) is 11.7 Å². The highest BCUT2D eigenvalue weighted by atomic mass is 32.1. The third kappa shape index (κ3) is 2.91. The van der Waals surface area contributed by atoms with Crippen molar-refractivity contribution < 1.29 is 4.39 Å². The van der Waals surface area contributed by atoms with Crippen molar-refractivity contribution in [2.24, 2.45) is 0 Å². The summed E-state index contributed by atoms with van der Waals surface area (Å²) in [6, 6.07) is 5.16. The molecule has 18 heavy (non-hydrogen) atoms. The number of halogens is 1. The first-order valence-corrected chi connectivity index (χ1v) is 6.82. The Labute approximate surface area is 110 Å². The number of benzene rings is 1. The van der Waals surface area contributed by atoms with Crippen molar-refractivity contribution >= 4 is 11.5 Å². The molecular formula is C13H16FN3S. The van der Waals surface area contributed by atoms with Gasteiger partial charge in [0.15, 0.2) is 0 Å². The van der Waals surface area contributed by atoms with Crippen molar-refractivity contribution in [3.8, 4) is 0 Å². The minimum absolute atomic E-state index is 0.0111. The number of nitrogens with zero attached hydrogens (tertiary/aromatic N) is 2. The van der Waals surface area contributed by atoms with Crippen LogP contribution in [0.15, 0.2) is 23.6 Å². The van der Waals surface area contributed by atoms with E-state index in [2.05, 4.69) is 21.8 Å². The van der Waals surface area contributed by atoms with Crippen LogP contribution in [0.2, 0.25) is 0 Å². The smallest absolute Gasteiger partial charge is 0.126 e. The molecule has 0 radical (unpaired) electrons. The Morgan fingerprint density at radius 1 is 1.44 bits per heavy atom. The molecule has 0 aliphatic rings. The number of hydrogen-bond acceptors (Lipinski definition) is 4. The lowest BCUT2D eigenvalue weighted by Gasteiger charge is -2.17. The third-order valence-electron chi connectivity index (χ3n) is 2.79. The van der Waals surface area contributed by atoms with Gasteiger partial charge in [-0.2, -0.15) is 0 Å². The molecule has 0 saturated heterocycles. The first kappa shape index (κ1) is 13.1. The molecule has 1 N–H and O–H groups in total. The quantitative estimate of drug-likeness (QED) is 0.902. The summed E-state index contributed by atoms with van der Waals surface area (Å²) in [6.45, 7) is 4.77. The predicted octanol–water partition coefficient (Wildman–Crippen LogP) is 3.07. The second-order valence-corrected chi connectivity index (χ2v) is 4.84.